The van der Waals surface area contributed by atoms with E-state index in [1.165, 1.54) is 42.6 Å². The Labute approximate surface area is 218 Å². The number of fused-ring (bicyclic) bond motifs is 1. The van der Waals surface area contributed by atoms with Crippen molar-refractivity contribution in [2.45, 2.75) is 11.8 Å². The standard InChI is InChI=1S/C26H21Cl2N3O4S/c1-17-6-9-22(10-7-17)36(34,35)31(21-13-19(27)12-20(28)14-21)16-26(33)30-29-15-24-23-5-3-2-4-18(23)8-11-25(24)32/h2-15,32H,16H2,1H3,(H,30,33). The molecule has 0 fully saturated rings. The van der Waals surface area contributed by atoms with Gasteiger partial charge in [0.15, 0.2) is 0 Å². The van der Waals surface area contributed by atoms with E-state index in [9.17, 15) is 18.3 Å². The summed E-state index contributed by atoms with van der Waals surface area (Å²) >= 11 is 12.2. The SMILES string of the molecule is Cc1ccc(S(=O)(=O)N(CC(=O)NN=Cc2c(O)ccc3ccccc23)c2cc(Cl)cc(Cl)c2)cc1. The topological polar surface area (TPSA) is 99.1 Å². The van der Waals surface area contributed by atoms with E-state index in [2.05, 4.69) is 10.5 Å². The predicted octanol–water partition coefficient (Wildman–Crippen LogP) is 5.51. The summed E-state index contributed by atoms with van der Waals surface area (Å²) in [5.41, 5.74) is 3.76. The molecule has 0 aliphatic carbocycles. The van der Waals surface area contributed by atoms with Crippen LogP contribution in [0.15, 0.2) is 88.9 Å². The summed E-state index contributed by atoms with van der Waals surface area (Å²) in [5.74, 6) is -0.721. The molecule has 0 saturated carbocycles. The lowest BCUT2D eigenvalue weighted by Gasteiger charge is -2.24. The van der Waals surface area contributed by atoms with Gasteiger partial charge in [-0.25, -0.2) is 13.8 Å². The van der Waals surface area contributed by atoms with Gasteiger partial charge >= 0.3 is 0 Å². The summed E-state index contributed by atoms with van der Waals surface area (Å²) in [7, 11) is -4.15. The van der Waals surface area contributed by atoms with Gasteiger partial charge < -0.3 is 5.11 Å². The van der Waals surface area contributed by atoms with E-state index in [-0.39, 0.29) is 26.4 Å². The van der Waals surface area contributed by atoms with Crippen LogP contribution in [0.5, 0.6) is 5.75 Å². The first-order valence-electron chi connectivity index (χ1n) is 10.7. The van der Waals surface area contributed by atoms with E-state index in [0.717, 1.165) is 20.6 Å². The average Bonchev–Trinajstić information content (AvgIpc) is 2.83. The number of phenolic OH excluding ortho intramolecular Hbond substituents is 1. The van der Waals surface area contributed by atoms with Gasteiger partial charge in [-0.2, -0.15) is 5.10 Å². The third kappa shape index (κ3) is 5.62. The quantitative estimate of drug-likeness (QED) is 0.238. The fraction of sp³-hybridized carbons (Fsp3) is 0.0769. The number of carbonyl (C=O) groups excluding carboxylic acids is 1. The summed E-state index contributed by atoms with van der Waals surface area (Å²) < 4.78 is 27.9. The van der Waals surface area contributed by atoms with Gasteiger partial charge in [0, 0.05) is 15.6 Å². The second-order valence-corrected chi connectivity index (χ2v) is 10.7. The molecule has 4 aromatic rings. The number of nitrogens with zero attached hydrogens (tertiary/aromatic N) is 2. The maximum atomic E-state index is 13.5. The number of nitrogens with one attached hydrogen (secondary N) is 1. The van der Waals surface area contributed by atoms with E-state index in [1.54, 1.807) is 18.2 Å². The van der Waals surface area contributed by atoms with Gasteiger partial charge in [-0.3, -0.25) is 9.10 Å². The number of benzene rings is 4. The fourth-order valence-electron chi connectivity index (χ4n) is 3.59. The zero-order valence-corrected chi connectivity index (χ0v) is 21.3. The van der Waals surface area contributed by atoms with E-state index < -0.39 is 22.5 Å². The molecule has 4 aromatic carbocycles. The lowest BCUT2D eigenvalue weighted by Crippen LogP contribution is -2.39. The molecule has 0 unspecified atom stereocenters. The van der Waals surface area contributed by atoms with Crippen molar-refractivity contribution in [1.82, 2.24) is 5.43 Å². The van der Waals surface area contributed by atoms with E-state index >= 15 is 0 Å². The van der Waals surface area contributed by atoms with Crippen molar-refractivity contribution in [3.8, 4) is 5.75 Å². The van der Waals surface area contributed by atoms with Crippen LogP contribution in [-0.2, 0) is 14.8 Å². The molecule has 10 heteroatoms. The van der Waals surface area contributed by atoms with Gasteiger partial charge in [0.1, 0.15) is 12.3 Å². The Bertz CT molecular complexity index is 1550. The van der Waals surface area contributed by atoms with Crippen molar-refractivity contribution in [3.05, 3.63) is 100 Å². The van der Waals surface area contributed by atoms with Crippen molar-refractivity contribution in [3.63, 3.8) is 0 Å². The van der Waals surface area contributed by atoms with E-state index in [4.69, 9.17) is 23.2 Å². The monoisotopic (exact) mass is 541 g/mol. The molecule has 7 nitrogen and oxygen atoms in total. The van der Waals surface area contributed by atoms with E-state index in [0.29, 0.717) is 5.56 Å². The zero-order chi connectivity index (χ0) is 25.9. The van der Waals surface area contributed by atoms with Gasteiger partial charge in [-0.15, -0.1) is 0 Å². The Hall–Kier alpha value is -3.59. The van der Waals surface area contributed by atoms with Crippen LogP contribution in [0.2, 0.25) is 10.0 Å². The predicted molar refractivity (Wildman–Crippen MR) is 144 cm³/mol. The normalized spacial score (nSPS) is 11.6. The summed E-state index contributed by atoms with van der Waals surface area (Å²) in [6.45, 7) is 1.25. The highest BCUT2D eigenvalue weighted by molar-refractivity contribution is 7.92. The summed E-state index contributed by atoms with van der Waals surface area (Å²) in [4.78, 5) is 12.8. The third-order valence-corrected chi connectivity index (χ3v) is 7.59. The van der Waals surface area contributed by atoms with Gasteiger partial charge in [0.05, 0.1) is 16.8 Å². The highest BCUT2D eigenvalue weighted by Gasteiger charge is 2.27. The van der Waals surface area contributed by atoms with Crippen LogP contribution in [-0.4, -0.2) is 32.2 Å². The number of phenols is 1. The first-order valence-corrected chi connectivity index (χ1v) is 12.9. The molecule has 1 amide bonds. The minimum absolute atomic E-state index is 0.00109. The van der Waals surface area contributed by atoms with Crippen LogP contribution < -0.4 is 9.73 Å². The molecule has 4 rings (SSSR count). The number of sulfonamides is 1. The smallest absolute Gasteiger partial charge is 0.264 e. The number of aromatic hydroxyl groups is 1. The Morgan fingerprint density at radius 1 is 1.00 bits per heavy atom. The Kier molecular flexibility index (Phi) is 7.49. The van der Waals surface area contributed by atoms with Crippen molar-refractivity contribution >= 4 is 61.8 Å². The van der Waals surface area contributed by atoms with Crippen molar-refractivity contribution in [1.29, 1.82) is 0 Å². The first-order chi connectivity index (χ1) is 17.1. The lowest BCUT2D eigenvalue weighted by atomic mass is 10.0. The van der Waals surface area contributed by atoms with Crippen LogP contribution >= 0.6 is 23.2 Å². The minimum Gasteiger partial charge on any atom is -0.507 e. The van der Waals surface area contributed by atoms with Crippen LogP contribution in [0.25, 0.3) is 10.8 Å². The second-order valence-electron chi connectivity index (χ2n) is 7.97. The van der Waals surface area contributed by atoms with Crippen molar-refractivity contribution in [2.24, 2.45) is 5.10 Å². The number of hydrazone groups is 1. The van der Waals surface area contributed by atoms with E-state index in [1.807, 2.05) is 31.2 Å². The summed E-state index contributed by atoms with van der Waals surface area (Å²) in [5, 5.41) is 16.3. The third-order valence-electron chi connectivity index (χ3n) is 5.36. The van der Waals surface area contributed by atoms with Gasteiger partial charge in [0.25, 0.3) is 15.9 Å². The highest BCUT2D eigenvalue weighted by Crippen LogP contribution is 2.30. The number of hydrogen-bond donors (Lipinski definition) is 2. The molecular formula is C26H21Cl2N3O4S. The number of anilines is 1. The molecule has 184 valence electrons. The molecule has 0 bridgehead atoms. The lowest BCUT2D eigenvalue weighted by molar-refractivity contribution is -0.119. The molecule has 0 aromatic heterocycles. The number of hydrogen-bond acceptors (Lipinski definition) is 5. The Morgan fingerprint density at radius 3 is 2.36 bits per heavy atom. The maximum Gasteiger partial charge on any atom is 0.264 e. The first kappa shape index (κ1) is 25.5. The van der Waals surface area contributed by atoms with Crippen LogP contribution in [0, 0.1) is 6.92 Å². The molecule has 0 aliphatic heterocycles. The molecule has 0 spiro atoms. The summed E-state index contributed by atoms with van der Waals surface area (Å²) in [6, 6.07) is 21.2. The highest BCUT2D eigenvalue weighted by atomic mass is 35.5. The average molecular weight is 542 g/mol. The summed E-state index contributed by atoms with van der Waals surface area (Å²) in [6.07, 6.45) is 1.31. The molecule has 0 aliphatic rings. The number of amides is 1. The molecule has 0 atom stereocenters. The largest absolute Gasteiger partial charge is 0.507 e. The van der Waals surface area contributed by atoms with Crippen molar-refractivity contribution in [2.75, 3.05) is 10.8 Å². The Morgan fingerprint density at radius 2 is 1.67 bits per heavy atom. The van der Waals surface area contributed by atoms with Gasteiger partial charge in [-0.1, -0.05) is 71.2 Å². The number of carbonyl (C=O) groups is 1. The molecule has 0 saturated heterocycles. The molecular weight excluding hydrogens is 521 g/mol. The van der Waals surface area contributed by atoms with Gasteiger partial charge in [0.2, 0.25) is 0 Å². The minimum atomic E-state index is -4.15. The van der Waals surface area contributed by atoms with Crippen LogP contribution in [0.1, 0.15) is 11.1 Å². The van der Waals surface area contributed by atoms with Crippen LogP contribution in [0.4, 0.5) is 5.69 Å². The molecule has 36 heavy (non-hydrogen) atoms. The molecule has 2 N–H and O–H groups in total. The Balaban J connectivity index is 1.62. The van der Waals surface area contributed by atoms with Gasteiger partial charge in [-0.05, 0) is 54.1 Å². The zero-order valence-electron chi connectivity index (χ0n) is 19.0. The van der Waals surface area contributed by atoms with Crippen LogP contribution in [0.3, 0.4) is 0 Å². The number of rotatable bonds is 7. The fourth-order valence-corrected chi connectivity index (χ4v) is 5.51. The molecule has 0 heterocycles. The molecule has 0 radical (unpaired) electrons. The maximum absolute atomic E-state index is 13.5. The number of aryl methyl sites for hydroxylation is 1. The number of halogens is 2. The second kappa shape index (κ2) is 10.6. The van der Waals surface area contributed by atoms with Crippen molar-refractivity contribution < 1.29 is 18.3 Å².